The predicted molar refractivity (Wildman–Crippen MR) is 64.1 cm³/mol. The maximum absolute atomic E-state index is 11.4. The van der Waals surface area contributed by atoms with Crippen LogP contribution in [-0.4, -0.2) is 12.6 Å². The summed E-state index contributed by atoms with van der Waals surface area (Å²) in [5, 5.41) is 9.07. The van der Waals surface area contributed by atoms with Gasteiger partial charge in [-0.3, -0.25) is 4.79 Å². The minimum atomic E-state index is -0.322. The van der Waals surface area contributed by atoms with Crippen LogP contribution in [0, 0.1) is 18.3 Å². The molecule has 4 heteroatoms. The molecular weight excluding hydrogens is 216 g/mol. The van der Waals surface area contributed by atoms with Gasteiger partial charge in [-0.05, 0) is 30.5 Å². The molecule has 0 saturated carbocycles. The highest BCUT2D eigenvalue weighted by Gasteiger charge is 2.12. The zero-order chi connectivity index (χ0) is 12.8. The molecule has 90 valence electrons. The van der Waals surface area contributed by atoms with Crippen LogP contribution < -0.4 is 5.73 Å². The van der Waals surface area contributed by atoms with Crippen LogP contribution in [0.3, 0.4) is 0 Å². The summed E-state index contributed by atoms with van der Waals surface area (Å²) in [5.41, 5.74) is 8.55. The van der Waals surface area contributed by atoms with Gasteiger partial charge in [0.15, 0.2) is 0 Å². The molecule has 0 radical (unpaired) electrons. The van der Waals surface area contributed by atoms with Gasteiger partial charge in [-0.1, -0.05) is 12.1 Å². The third kappa shape index (κ3) is 3.30. The molecule has 4 nitrogen and oxygen atoms in total. The van der Waals surface area contributed by atoms with Crippen molar-refractivity contribution in [3.8, 4) is 6.07 Å². The highest BCUT2D eigenvalue weighted by molar-refractivity contribution is 5.74. The van der Waals surface area contributed by atoms with E-state index in [1.807, 2.05) is 13.0 Å². The van der Waals surface area contributed by atoms with Crippen LogP contribution in [-0.2, 0) is 22.5 Å². The first-order valence-corrected chi connectivity index (χ1v) is 5.50. The lowest BCUT2D eigenvalue weighted by molar-refractivity contribution is -0.142. The Balaban J connectivity index is 3.08. The number of esters is 1. The Morgan fingerprint density at radius 2 is 2.24 bits per heavy atom. The number of hydrogen-bond acceptors (Lipinski definition) is 4. The van der Waals surface area contributed by atoms with Gasteiger partial charge in [0.25, 0.3) is 0 Å². The molecule has 0 aromatic heterocycles. The largest absolute Gasteiger partial charge is 0.466 e. The van der Waals surface area contributed by atoms with E-state index in [-0.39, 0.29) is 12.4 Å². The van der Waals surface area contributed by atoms with Crippen LogP contribution >= 0.6 is 0 Å². The normalized spacial score (nSPS) is 9.76. The van der Waals surface area contributed by atoms with E-state index in [1.54, 1.807) is 13.0 Å². The van der Waals surface area contributed by atoms with Gasteiger partial charge in [-0.2, -0.15) is 5.26 Å². The second-order valence-electron chi connectivity index (χ2n) is 3.74. The molecule has 0 heterocycles. The van der Waals surface area contributed by atoms with Crippen LogP contribution in [0.4, 0.5) is 0 Å². The SMILES string of the molecule is CCOC(=O)Cc1cc(CN)cc(C)c1C#N. The van der Waals surface area contributed by atoms with E-state index in [2.05, 4.69) is 6.07 Å². The maximum atomic E-state index is 11.4. The number of rotatable bonds is 4. The summed E-state index contributed by atoms with van der Waals surface area (Å²) in [7, 11) is 0. The lowest BCUT2D eigenvalue weighted by atomic mass is 9.97. The molecule has 0 bridgehead atoms. The fraction of sp³-hybridized carbons (Fsp3) is 0.385. The van der Waals surface area contributed by atoms with Gasteiger partial charge < -0.3 is 10.5 Å². The van der Waals surface area contributed by atoms with Crippen molar-refractivity contribution in [1.29, 1.82) is 5.26 Å². The molecule has 0 atom stereocenters. The van der Waals surface area contributed by atoms with E-state index in [0.717, 1.165) is 11.1 Å². The van der Waals surface area contributed by atoms with Crippen molar-refractivity contribution in [3.05, 3.63) is 34.4 Å². The zero-order valence-electron chi connectivity index (χ0n) is 10.1. The Labute approximate surface area is 101 Å². The molecule has 0 amide bonds. The Bertz CT molecular complexity index is 461. The quantitative estimate of drug-likeness (QED) is 0.797. The Kier molecular flexibility index (Phi) is 4.68. The number of nitriles is 1. The molecule has 2 N–H and O–H groups in total. The molecule has 0 aliphatic heterocycles. The molecule has 17 heavy (non-hydrogen) atoms. The molecule has 0 aliphatic rings. The van der Waals surface area contributed by atoms with Crippen LogP contribution in [0.2, 0.25) is 0 Å². The summed E-state index contributed by atoms with van der Waals surface area (Å²) >= 11 is 0. The van der Waals surface area contributed by atoms with Crippen molar-refractivity contribution in [3.63, 3.8) is 0 Å². The number of nitrogens with two attached hydrogens (primary N) is 1. The predicted octanol–water partition coefficient (Wildman–Crippen LogP) is 1.43. The third-order valence-electron chi connectivity index (χ3n) is 2.46. The highest BCUT2D eigenvalue weighted by Crippen LogP contribution is 2.17. The molecule has 0 saturated heterocycles. The Morgan fingerprint density at radius 3 is 2.76 bits per heavy atom. The summed E-state index contributed by atoms with van der Waals surface area (Å²) < 4.78 is 4.88. The van der Waals surface area contributed by atoms with Gasteiger partial charge in [0.2, 0.25) is 0 Å². The number of benzene rings is 1. The maximum Gasteiger partial charge on any atom is 0.310 e. The average Bonchev–Trinajstić information content (AvgIpc) is 2.28. The third-order valence-corrected chi connectivity index (χ3v) is 2.46. The number of ether oxygens (including phenoxy) is 1. The molecule has 1 aromatic carbocycles. The van der Waals surface area contributed by atoms with E-state index < -0.39 is 0 Å². The molecular formula is C13H16N2O2. The summed E-state index contributed by atoms with van der Waals surface area (Å²) in [6.07, 6.45) is 0.116. The number of hydrogen-bond donors (Lipinski definition) is 1. The van der Waals surface area contributed by atoms with Gasteiger partial charge in [0, 0.05) is 6.54 Å². The number of carbonyl (C=O) groups is 1. The van der Waals surface area contributed by atoms with Crippen molar-refractivity contribution in [1.82, 2.24) is 0 Å². The second-order valence-corrected chi connectivity index (χ2v) is 3.74. The van der Waals surface area contributed by atoms with Gasteiger partial charge in [-0.25, -0.2) is 0 Å². The van der Waals surface area contributed by atoms with Crippen LogP contribution in [0.25, 0.3) is 0 Å². The van der Waals surface area contributed by atoms with E-state index in [1.165, 1.54) is 0 Å². The first kappa shape index (κ1) is 13.2. The Morgan fingerprint density at radius 1 is 1.53 bits per heavy atom. The van der Waals surface area contributed by atoms with Gasteiger partial charge in [-0.15, -0.1) is 0 Å². The second kappa shape index (κ2) is 6.02. The fourth-order valence-corrected chi connectivity index (χ4v) is 1.73. The lowest BCUT2D eigenvalue weighted by Gasteiger charge is -2.09. The smallest absolute Gasteiger partial charge is 0.310 e. The van der Waals surface area contributed by atoms with Crippen molar-refractivity contribution in [2.45, 2.75) is 26.8 Å². The van der Waals surface area contributed by atoms with E-state index in [0.29, 0.717) is 24.3 Å². The molecule has 0 aliphatic carbocycles. The first-order valence-electron chi connectivity index (χ1n) is 5.50. The monoisotopic (exact) mass is 232 g/mol. The molecule has 1 rings (SSSR count). The van der Waals surface area contributed by atoms with Crippen LogP contribution in [0.5, 0.6) is 0 Å². The summed E-state index contributed by atoms with van der Waals surface area (Å²) in [4.78, 5) is 11.4. The van der Waals surface area contributed by atoms with Crippen LogP contribution in [0.1, 0.15) is 29.2 Å². The minimum absolute atomic E-state index is 0.116. The standard InChI is InChI=1S/C13H16N2O2/c1-3-17-13(16)6-11-5-10(7-14)4-9(2)12(11)8-15/h4-5H,3,6-7,14H2,1-2H3. The van der Waals surface area contributed by atoms with Crippen molar-refractivity contribution in [2.24, 2.45) is 5.73 Å². The first-order chi connectivity index (χ1) is 8.12. The van der Waals surface area contributed by atoms with E-state index in [9.17, 15) is 4.79 Å². The number of carbonyl (C=O) groups excluding carboxylic acids is 1. The average molecular weight is 232 g/mol. The molecule has 0 spiro atoms. The van der Waals surface area contributed by atoms with E-state index in [4.69, 9.17) is 15.7 Å². The molecule has 0 fully saturated rings. The number of aryl methyl sites for hydroxylation is 1. The van der Waals surface area contributed by atoms with Gasteiger partial charge >= 0.3 is 5.97 Å². The topological polar surface area (TPSA) is 76.1 Å². The summed E-state index contributed by atoms with van der Waals surface area (Å²) in [6.45, 7) is 4.33. The van der Waals surface area contributed by atoms with Crippen LogP contribution in [0.15, 0.2) is 12.1 Å². The molecule has 0 unspecified atom stereocenters. The zero-order valence-corrected chi connectivity index (χ0v) is 10.1. The Hall–Kier alpha value is -1.86. The summed E-state index contributed by atoms with van der Waals surface area (Å²) in [6, 6.07) is 5.78. The van der Waals surface area contributed by atoms with Gasteiger partial charge in [0.1, 0.15) is 0 Å². The van der Waals surface area contributed by atoms with Crippen molar-refractivity contribution < 1.29 is 9.53 Å². The molecule has 1 aromatic rings. The number of nitrogens with zero attached hydrogens (tertiary/aromatic N) is 1. The summed E-state index contributed by atoms with van der Waals surface area (Å²) in [5.74, 6) is -0.322. The van der Waals surface area contributed by atoms with Crippen molar-refractivity contribution in [2.75, 3.05) is 6.61 Å². The van der Waals surface area contributed by atoms with Gasteiger partial charge in [0.05, 0.1) is 24.7 Å². The van der Waals surface area contributed by atoms with Crippen molar-refractivity contribution >= 4 is 5.97 Å². The van der Waals surface area contributed by atoms with E-state index >= 15 is 0 Å². The minimum Gasteiger partial charge on any atom is -0.466 e. The fourth-order valence-electron chi connectivity index (χ4n) is 1.73. The lowest BCUT2D eigenvalue weighted by Crippen LogP contribution is -2.10. The highest BCUT2D eigenvalue weighted by atomic mass is 16.5.